The Hall–Kier alpha value is -4.52. The normalized spacial score (nSPS) is 17.1. The average Bonchev–Trinajstić information content (AvgIpc) is 3.76. The molecule has 256 valence electrons. The number of carbonyl (C=O) groups excluding carboxylic acids is 1. The van der Waals surface area contributed by atoms with Crippen molar-refractivity contribution < 1.29 is 28.2 Å². The molecule has 4 aromatic rings. The van der Waals surface area contributed by atoms with E-state index >= 15 is 4.39 Å². The maximum absolute atomic E-state index is 16.2. The molecule has 1 atom stereocenters. The number of β-amino-alcohol motifs (C(OH)–C–C–N with tert-alkyl or cyclic N) is 1. The number of aliphatic hydroxyl groups excluding tert-OH is 1. The van der Waals surface area contributed by atoms with Crippen molar-refractivity contribution in [1.29, 1.82) is 0 Å². The molecule has 0 spiro atoms. The quantitative estimate of drug-likeness (QED) is 0.188. The third kappa shape index (κ3) is 6.13. The van der Waals surface area contributed by atoms with Crippen LogP contribution in [-0.2, 0) is 41.9 Å². The first kappa shape index (κ1) is 33.0. The van der Waals surface area contributed by atoms with Gasteiger partial charge in [0.05, 0.1) is 48.4 Å². The topological polar surface area (TPSA) is 106 Å². The molecule has 0 bridgehead atoms. The number of ether oxygens (including phenoxy) is 2. The number of hydrogen-bond donors (Lipinski definition) is 1. The van der Waals surface area contributed by atoms with Crippen LogP contribution in [-0.4, -0.2) is 87.1 Å². The van der Waals surface area contributed by atoms with Crippen molar-refractivity contribution in [3.05, 3.63) is 82.8 Å². The van der Waals surface area contributed by atoms with Gasteiger partial charge in [0.15, 0.2) is 0 Å². The van der Waals surface area contributed by atoms with Crippen LogP contribution in [0.4, 0.5) is 8.78 Å². The van der Waals surface area contributed by atoms with Gasteiger partial charge in [0, 0.05) is 74.9 Å². The van der Waals surface area contributed by atoms with E-state index in [2.05, 4.69) is 17.5 Å². The summed E-state index contributed by atoms with van der Waals surface area (Å²) in [6.07, 6.45) is 6.20. The van der Waals surface area contributed by atoms with Crippen LogP contribution in [0.5, 0.6) is 5.75 Å². The number of fused-ring (bicyclic) bond motifs is 3. The maximum atomic E-state index is 16.2. The molecule has 12 heteroatoms. The molecule has 1 aliphatic carbocycles. The van der Waals surface area contributed by atoms with Gasteiger partial charge >= 0.3 is 0 Å². The second kappa shape index (κ2) is 13.8. The third-order valence-electron chi connectivity index (χ3n) is 9.85. The standard InChI is InChI=1S/C37H40F2N6O4/c1-4-33(47)44-10-11-45-31(22(44)2)19-30(42-45)37-34(35-28(39)17-25(38)18-32(35)49-15-14-48-3)26-6-5-7-27(26)36(41-37)23-16-24-21-43(12-13-46)9-8-29(24)40-20-23/h4,16-20,22,46H,1,5-15,21H2,2-3H3/t22-/m1/s1. The van der Waals surface area contributed by atoms with Gasteiger partial charge in [-0.3, -0.25) is 19.4 Å². The van der Waals surface area contributed by atoms with Gasteiger partial charge in [0.25, 0.3) is 0 Å². The summed E-state index contributed by atoms with van der Waals surface area (Å²) in [5, 5.41) is 14.5. The number of carbonyl (C=O) groups is 1. The lowest BCUT2D eigenvalue weighted by Crippen LogP contribution is -2.40. The highest BCUT2D eigenvalue weighted by Crippen LogP contribution is 2.47. The van der Waals surface area contributed by atoms with Gasteiger partial charge in [-0.1, -0.05) is 6.58 Å². The number of rotatable bonds is 10. The summed E-state index contributed by atoms with van der Waals surface area (Å²) in [7, 11) is 1.54. The molecule has 49 heavy (non-hydrogen) atoms. The molecule has 1 N–H and O–H groups in total. The van der Waals surface area contributed by atoms with E-state index in [0.717, 1.165) is 71.2 Å². The fraction of sp³-hybridized carbons (Fsp3) is 0.405. The van der Waals surface area contributed by atoms with Crippen LogP contribution in [0.1, 0.15) is 47.5 Å². The number of amides is 1. The number of methoxy groups -OCH3 is 1. The second-order valence-corrected chi connectivity index (χ2v) is 12.8. The molecule has 0 fully saturated rings. The van der Waals surface area contributed by atoms with Gasteiger partial charge < -0.3 is 19.5 Å². The van der Waals surface area contributed by atoms with Crippen LogP contribution in [0.3, 0.4) is 0 Å². The molecule has 1 aromatic carbocycles. The van der Waals surface area contributed by atoms with E-state index < -0.39 is 11.6 Å². The largest absolute Gasteiger partial charge is 0.490 e. The molecule has 0 radical (unpaired) electrons. The Morgan fingerprint density at radius 2 is 1.90 bits per heavy atom. The molecule has 0 unspecified atom stereocenters. The summed E-state index contributed by atoms with van der Waals surface area (Å²) in [5.74, 6) is -1.59. The van der Waals surface area contributed by atoms with Crippen molar-refractivity contribution >= 4 is 5.91 Å². The molecule has 2 aliphatic heterocycles. The zero-order valence-corrected chi connectivity index (χ0v) is 27.8. The lowest BCUT2D eigenvalue weighted by molar-refractivity contribution is -0.129. The van der Waals surface area contributed by atoms with Gasteiger partial charge in [-0.15, -0.1) is 0 Å². The van der Waals surface area contributed by atoms with Crippen LogP contribution >= 0.6 is 0 Å². The van der Waals surface area contributed by atoms with Crippen molar-refractivity contribution in [2.24, 2.45) is 0 Å². The minimum atomic E-state index is -0.753. The van der Waals surface area contributed by atoms with E-state index in [4.69, 9.17) is 24.5 Å². The van der Waals surface area contributed by atoms with Crippen LogP contribution in [0.15, 0.2) is 43.1 Å². The van der Waals surface area contributed by atoms with Crippen molar-refractivity contribution in [2.75, 3.05) is 46.6 Å². The summed E-state index contributed by atoms with van der Waals surface area (Å²) in [6.45, 7) is 9.09. The highest BCUT2D eigenvalue weighted by molar-refractivity contribution is 5.90. The first-order valence-corrected chi connectivity index (χ1v) is 16.8. The number of hydrogen-bond acceptors (Lipinski definition) is 8. The Morgan fingerprint density at radius 1 is 1.06 bits per heavy atom. The fourth-order valence-electron chi connectivity index (χ4n) is 7.48. The zero-order chi connectivity index (χ0) is 34.2. The Kier molecular flexibility index (Phi) is 9.27. The van der Waals surface area contributed by atoms with Gasteiger partial charge in [-0.05, 0) is 61.1 Å². The molecule has 1 amide bonds. The van der Waals surface area contributed by atoms with Crippen LogP contribution in [0.25, 0.3) is 33.8 Å². The van der Waals surface area contributed by atoms with Crippen LogP contribution in [0.2, 0.25) is 0 Å². The summed E-state index contributed by atoms with van der Waals surface area (Å²) in [4.78, 5) is 26.8. The first-order valence-electron chi connectivity index (χ1n) is 16.8. The molecule has 5 heterocycles. The van der Waals surface area contributed by atoms with Crippen LogP contribution < -0.4 is 4.74 Å². The second-order valence-electron chi connectivity index (χ2n) is 12.8. The lowest BCUT2D eigenvalue weighted by atomic mass is 9.90. The number of pyridine rings is 2. The van der Waals surface area contributed by atoms with E-state index in [9.17, 15) is 14.3 Å². The van der Waals surface area contributed by atoms with Gasteiger partial charge in [-0.25, -0.2) is 13.8 Å². The summed E-state index contributed by atoms with van der Waals surface area (Å²) >= 11 is 0. The molecule has 0 saturated carbocycles. The fourth-order valence-corrected chi connectivity index (χ4v) is 7.48. The first-order chi connectivity index (χ1) is 23.8. The van der Waals surface area contributed by atoms with E-state index in [0.29, 0.717) is 49.6 Å². The molecule has 7 rings (SSSR count). The minimum absolute atomic E-state index is 0.0685. The van der Waals surface area contributed by atoms with Crippen molar-refractivity contribution in [3.8, 4) is 39.5 Å². The highest BCUT2D eigenvalue weighted by atomic mass is 19.1. The number of aliphatic hydroxyl groups is 1. The molecule has 10 nitrogen and oxygen atoms in total. The van der Waals surface area contributed by atoms with E-state index in [1.54, 1.807) is 4.90 Å². The van der Waals surface area contributed by atoms with Gasteiger partial charge in [0.1, 0.15) is 29.7 Å². The number of aromatic nitrogens is 4. The molecule has 0 saturated heterocycles. The highest BCUT2D eigenvalue weighted by Gasteiger charge is 2.33. The zero-order valence-electron chi connectivity index (χ0n) is 27.8. The predicted octanol–water partition coefficient (Wildman–Crippen LogP) is 4.91. The van der Waals surface area contributed by atoms with Crippen molar-refractivity contribution in [1.82, 2.24) is 29.5 Å². The predicted molar refractivity (Wildman–Crippen MR) is 180 cm³/mol. The van der Waals surface area contributed by atoms with E-state index in [1.807, 2.05) is 23.9 Å². The molecular weight excluding hydrogens is 630 g/mol. The number of benzene rings is 1. The average molecular weight is 671 g/mol. The summed E-state index contributed by atoms with van der Waals surface area (Å²) in [5.41, 5.74) is 8.11. The van der Waals surface area contributed by atoms with E-state index in [-0.39, 0.29) is 43.1 Å². The van der Waals surface area contributed by atoms with Gasteiger partial charge in [0.2, 0.25) is 5.91 Å². The van der Waals surface area contributed by atoms with Gasteiger partial charge in [-0.2, -0.15) is 5.10 Å². The lowest BCUT2D eigenvalue weighted by Gasteiger charge is -2.33. The SMILES string of the molecule is C=CC(=O)N1CCn2nc(-c3nc(-c4cnc5c(c4)CN(CCO)CC5)c4c(c3-c3c(F)cc(F)cc3OCCOC)CCC4)cc2[C@H]1C. The Balaban J connectivity index is 1.44. The number of halogens is 2. The Labute approximate surface area is 284 Å². The number of nitrogens with zero attached hydrogens (tertiary/aromatic N) is 6. The Morgan fingerprint density at radius 3 is 2.69 bits per heavy atom. The van der Waals surface area contributed by atoms with Crippen molar-refractivity contribution in [2.45, 2.75) is 51.7 Å². The Bertz CT molecular complexity index is 1930. The summed E-state index contributed by atoms with van der Waals surface area (Å²) in [6, 6.07) is 5.85. The van der Waals surface area contributed by atoms with E-state index in [1.165, 1.54) is 19.3 Å². The molecular formula is C37H40F2N6O4. The molecule has 3 aliphatic rings. The molecule has 3 aromatic heterocycles. The summed E-state index contributed by atoms with van der Waals surface area (Å²) < 4.78 is 43.9. The van der Waals surface area contributed by atoms with Crippen molar-refractivity contribution in [3.63, 3.8) is 0 Å². The maximum Gasteiger partial charge on any atom is 0.246 e. The monoisotopic (exact) mass is 670 g/mol. The smallest absolute Gasteiger partial charge is 0.246 e. The van der Waals surface area contributed by atoms with Crippen LogP contribution in [0, 0.1) is 11.6 Å². The third-order valence-corrected chi connectivity index (χ3v) is 9.85. The minimum Gasteiger partial charge on any atom is -0.490 e.